The summed E-state index contributed by atoms with van der Waals surface area (Å²) < 4.78 is 12.6. The Bertz CT molecular complexity index is 1320. The number of pyridine rings is 1. The van der Waals surface area contributed by atoms with Gasteiger partial charge in [-0.1, -0.05) is 12.1 Å². The van der Waals surface area contributed by atoms with Crippen molar-refractivity contribution in [1.82, 2.24) is 9.55 Å². The second-order valence-corrected chi connectivity index (χ2v) is 7.01. The van der Waals surface area contributed by atoms with Gasteiger partial charge in [-0.25, -0.2) is 0 Å². The molecule has 0 aliphatic carbocycles. The van der Waals surface area contributed by atoms with Crippen molar-refractivity contribution in [2.45, 2.75) is 12.3 Å². The third-order valence-electron chi connectivity index (χ3n) is 5.52. The monoisotopic (exact) mass is 374 g/mol. The van der Waals surface area contributed by atoms with Gasteiger partial charge in [0.1, 0.15) is 11.5 Å². The number of para-hydroxylation sites is 1. The summed E-state index contributed by atoms with van der Waals surface area (Å²) in [7, 11) is 3.36. The Morgan fingerprint density at radius 3 is 2.79 bits per heavy atom. The van der Waals surface area contributed by atoms with E-state index < -0.39 is 0 Å². The predicted octanol–water partition coefficient (Wildman–Crippen LogP) is 3.47. The second-order valence-electron chi connectivity index (χ2n) is 7.01. The molecule has 2 aromatic carbocycles. The van der Waals surface area contributed by atoms with Gasteiger partial charge in [0.05, 0.1) is 24.6 Å². The SMILES string of the molecule is COc1ccc2[nH]cc([C@H]3CC(=O)Oc4c3c(=O)n(C)c3ccccc43)c2c1. The molecule has 5 rings (SSSR count). The number of aryl methyl sites for hydroxylation is 1. The number of carbonyl (C=O) groups is 1. The number of nitrogens with zero attached hydrogens (tertiary/aromatic N) is 1. The van der Waals surface area contributed by atoms with Gasteiger partial charge in [0.2, 0.25) is 0 Å². The molecule has 6 nitrogen and oxygen atoms in total. The largest absolute Gasteiger partial charge is 0.497 e. The fourth-order valence-electron chi connectivity index (χ4n) is 4.13. The van der Waals surface area contributed by atoms with Gasteiger partial charge in [-0.3, -0.25) is 9.59 Å². The zero-order valence-corrected chi connectivity index (χ0v) is 15.5. The van der Waals surface area contributed by atoms with Gasteiger partial charge in [0.25, 0.3) is 5.56 Å². The molecule has 140 valence electrons. The normalized spacial score (nSPS) is 16.2. The maximum atomic E-state index is 13.2. The summed E-state index contributed by atoms with van der Waals surface area (Å²) >= 11 is 0. The molecule has 1 N–H and O–H groups in total. The van der Waals surface area contributed by atoms with Gasteiger partial charge in [0, 0.05) is 35.5 Å². The minimum Gasteiger partial charge on any atom is -0.497 e. The number of methoxy groups -OCH3 is 1. The quantitative estimate of drug-likeness (QED) is 0.545. The standard InChI is InChI=1S/C22H18N2O4/c1-24-18-6-4-3-5-13(18)21-20(22(24)26)15(10-19(25)28-21)16-11-23-17-8-7-12(27-2)9-14(16)17/h3-9,11,15,23H,10H2,1-2H3/t15-/m1/s1. The van der Waals surface area contributed by atoms with Crippen molar-refractivity contribution in [2.24, 2.45) is 7.05 Å². The molecule has 0 radical (unpaired) electrons. The summed E-state index contributed by atoms with van der Waals surface area (Å²) in [6.45, 7) is 0. The highest BCUT2D eigenvalue weighted by molar-refractivity contribution is 5.93. The summed E-state index contributed by atoms with van der Waals surface area (Å²) in [4.78, 5) is 28.9. The molecule has 0 saturated carbocycles. The number of rotatable bonds is 2. The molecule has 0 unspecified atom stereocenters. The van der Waals surface area contributed by atoms with Crippen LogP contribution in [0.5, 0.6) is 11.5 Å². The van der Waals surface area contributed by atoms with Crippen molar-refractivity contribution < 1.29 is 14.3 Å². The van der Waals surface area contributed by atoms with E-state index in [-0.39, 0.29) is 23.9 Å². The summed E-state index contributed by atoms with van der Waals surface area (Å²) in [6, 6.07) is 13.2. The van der Waals surface area contributed by atoms with E-state index in [2.05, 4.69) is 4.98 Å². The summed E-state index contributed by atoms with van der Waals surface area (Å²) in [5.41, 5.74) is 2.92. The number of esters is 1. The fourth-order valence-corrected chi connectivity index (χ4v) is 4.13. The number of carbonyl (C=O) groups excluding carboxylic acids is 1. The average Bonchev–Trinajstić information content (AvgIpc) is 3.14. The molecular formula is C22H18N2O4. The summed E-state index contributed by atoms with van der Waals surface area (Å²) in [5, 5.41) is 1.69. The van der Waals surface area contributed by atoms with Crippen LogP contribution >= 0.6 is 0 Å². The van der Waals surface area contributed by atoms with E-state index in [1.165, 1.54) is 0 Å². The van der Waals surface area contributed by atoms with Gasteiger partial charge < -0.3 is 19.0 Å². The van der Waals surface area contributed by atoms with E-state index in [0.29, 0.717) is 11.3 Å². The minimum atomic E-state index is -0.389. The van der Waals surface area contributed by atoms with Gasteiger partial charge in [-0.05, 0) is 35.9 Å². The number of hydrogen-bond acceptors (Lipinski definition) is 4. The zero-order chi connectivity index (χ0) is 19.4. The van der Waals surface area contributed by atoms with Crippen LogP contribution in [0, 0.1) is 0 Å². The van der Waals surface area contributed by atoms with Gasteiger partial charge >= 0.3 is 5.97 Å². The third kappa shape index (κ3) is 2.27. The topological polar surface area (TPSA) is 73.3 Å². The van der Waals surface area contributed by atoms with Crippen molar-refractivity contribution in [3.8, 4) is 11.5 Å². The molecule has 1 aliphatic heterocycles. The van der Waals surface area contributed by atoms with Crippen LogP contribution in [0.15, 0.2) is 53.5 Å². The first-order valence-electron chi connectivity index (χ1n) is 9.06. The van der Waals surface area contributed by atoms with Crippen molar-refractivity contribution in [1.29, 1.82) is 0 Å². The molecular weight excluding hydrogens is 356 g/mol. The Kier molecular flexibility index (Phi) is 3.55. The Labute approximate surface area is 160 Å². The van der Waals surface area contributed by atoms with Crippen molar-refractivity contribution in [2.75, 3.05) is 7.11 Å². The van der Waals surface area contributed by atoms with E-state index in [9.17, 15) is 9.59 Å². The lowest BCUT2D eigenvalue weighted by atomic mass is 9.86. The van der Waals surface area contributed by atoms with Gasteiger partial charge in [-0.15, -0.1) is 0 Å². The number of aromatic amines is 1. The molecule has 6 heteroatoms. The molecule has 28 heavy (non-hydrogen) atoms. The highest BCUT2D eigenvalue weighted by Crippen LogP contribution is 2.42. The van der Waals surface area contributed by atoms with Crippen molar-refractivity contribution in [3.63, 3.8) is 0 Å². The van der Waals surface area contributed by atoms with Crippen LogP contribution < -0.4 is 15.0 Å². The number of H-pyrrole nitrogens is 1. The Hall–Kier alpha value is -3.54. The maximum absolute atomic E-state index is 13.2. The van der Waals surface area contributed by atoms with Crippen LogP contribution in [0.2, 0.25) is 0 Å². The Balaban J connectivity index is 1.83. The lowest BCUT2D eigenvalue weighted by molar-refractivity contribution is -0.135. The van der Waals surface area contributed by atoms with Crippen LogP contribution in [-0.2, 0) is 11.8 Å². The minimum absolute atomic E-state index is 0.116. The van der Waals surface area contributed by atoms with E-state index in [1.54, 1.807) is 18.7 Å². The first-order valence-corrected chi connectivity index (χ1v) is 9.06. The number of hydrogen-bond donors (Lipinski definition) is 1. The van der Waals surface area contributed by atoms with Gasteiger partial charge in [0.15, 0.2) is 0 Å². The van der Waals surface area contributed by atoms with Crippen molar-refractivity contribution in [3.05, 3.63) is 70.1 Å². The number of benzene rings is 2. The zero-order valence-electron chi connectivity index (χ0n) is 15.5. The Morgan fingerprint density at radius 2 is 1.96 bits per heavy atom. The third-order valence-corrected chi connectivity index (χ3v) is 5.52. The fraction of sp³-hybridized carbons (Fsp3) is 0.182. The van der Waals surface area contributed by atoms with Gasteiger partial charge in [-0.2, -0.15) is 0 Å². The van der Waals surface area contributed by atoms with Crippen molar-refractivity contribution >= 4 is 27.8 Å². The first-order chi connectivity index (χ1) is 13.6. The molecule has 0 amide bonds. The molecule has 1 atom stereocenters. The first kappa shape index (κ1) is 16.6. The highest BCUT2D eigenvalue weighted by Gasteiger charge is 2.34. The summed E-state index contributed by atoms with van der Waals surface area (Å²) in [6.07, 6.45) is 1.98. The molecule has 1 aliphatic rings. The molecule has 3 heterocycles. The molecule has 0 bridgehead atoms. The molecule has 0 spiro atoms. The lowest BCUT2D eigenvalue weighted by Crippen LogP contribution is -2.31. The predicted molar refractivity (Wildman–Crippen MR) is 106 cm³/mol. The van der Waals surface area contributed by atoms with Crippen LogP contribution in [0.25, 0.3) is 21.8 Å². The second kappa shape index (κ2) is 5.99. The highest BCUT2D eigenvalue weighted by atomic mass is 16.5. The Morgan fingerprint density at radius 1 is 1.14 bits per heavy atom. The van der Waals surface area contributed by atoms with E-state index in [0.717, 1.165) is 33.1 Å². The van der Waals surface area contributed by atoms with E-state index >= 15 is 0 Å². The van der Waals surface area contributed by atoms with Crippen LogP contribution in [-0.4, -0.2) is 22.6 Å². The van der Waals surface area contributed by atoms with Crippen LogP contribution in [0.1, 0.15) is 23.5 Å². The summed E-state index contributed by atoms with van der Waals surface area (Å²) in [5.74, 6) is 0.365. The molecule has 2 aromatic heterocycles. The molecule has 0 fully saturated rings. The number of fused-ring (bicyclic) bond motifs is 4. The average molecular weight is 374 g/mol. The lowest BCUT2D eigenvalue weighted by Gasteiger charge is -2.26. The number of nitrogens with one attached hydrogen (secondary N) is 1. The molecule has 0 saturated heterocycles. The smallest absolute Gasteiger partial charge is 0.312 e. The van der Waals surface area contributed by atoms with E-state index in [1.807, 2.05) is 48.7 Å². The van der Waals surface area contributed by atoms with Crippen LogP contribution in [0.4, 0.5) is 0 Å². The molecule has 4 aromatic rings. The number of ether oxygens (including phenoxy) is 2. The number of aromatic nitrogens is 2. The van der Waals surface area contributed by atoms with E-state index in [4.69, 9.17) is 9.47 Å². The maximum Gasteiger partial charge on any atom is 0.312 e. The van der Waals surface area contributed by atoms with Crippen LogP contribution in [0.3, 0.4) is 0 Å².